The zero-order valence-electron chi connectivity index (χ0n) is 19.3. The third-order valence-corrected chi connectivity index (χ3v) is 6.96. The van der Waals surface area contributed by atoms with E-state index < -0.39 is 0 Å². The van der Waals surface area contributed by atoms with Gasteiger partial charge < -0.3 is 0 Å². The molecule has 0 bridgehead atoms. The standard InChI is InChI=1S/C28H42N2/c1-25(13-9-11-19-27-15-5-3-6-16-27)29-21-23-30(24-22-29)26(2)14-10-12-20-28-17-7-4-8-18-28/h3-8,15-18,25-26H,9-14,19-24H2,1-2H3. The van der Waals surface area contributed by atoms with E-state index in [2.05, 4.69) is 84.3 Å². The number of benzene rings is 2. The lowest BCUT2D eigenvalue weighted by Gasteiger charge is -2.40. The number of piperazine rings is 1. The summed E-state index contributed by atoms with van der Waals surface area (Å²) in [6.07, 6.45) is 10.4. The van der Waals surface area contributed by atoms with Gasteiger partial charge in [0.1, 0.15) is 0 Å². The quantitative estimate of drug-likeness (QED) is 0.387. The van der Waals surface area contributed by atoms with Crippen LogP contribution in [-0.2, 0) is 12.8 Å². The molecule has 1 aliphatic rings. The molecule has 2 atom stereocenters. The van der Waals surface area contributed by atoms with Crippen LogP contribution in [0.15, 0.2) is 60.7 Å². The van der Waals surface area contributed by atoms with Crippen LogP contribution in [0.5, 0.6) is 0 Å². The van der Waals surface area contributed by atoms with Crippen LogP contribution in [0.4, 0.5) is 0 Å². The third-order valence-electron chi connectivity index (χ3n) is 6.96. The van der Waals surface area contributed by atoms with E-state index in [1.165, 1.54) is 88.7 Å². The van der Waals surface area contributed by atoms with E-state index in [-0.39, 0.29) is 0 Å². The average molecular weight is 407 g/mol. The largest absolute Gasteiger partial charge is 0.298 e. The summed E-state index contributed by atoms with van der Waals surface area (Å²) in [5.74, 6) is 0. The molecule has 1 saturated heterocycles. The molecule has 1 aliphatic heterocycles. The molecule has 0 aliphatic carbocycles. The highest BCUT2D eigenvalue weighted by Gasteiger charge is 2.23. The maximum absolute atomic E-state index is 2.72. The van der Waals surface area contributed by atoms with Crippen LogP contribution in [0.1, 0.15) is 63.5 Å². The van der Waals surface area contributed by atoms with E-state index in [0.29, 0.717) is 0 Å². The minimum Gasteiger partial charge on any atom is -0.298 e. The summed E-state index contributed by atoms with van der Waals surface area (Å²) in [6, 6.07) is 23.3. The third kappa shape index (κ3) is 7.89. The summed E-state index contributed by atoms with van der Waals surface area (Å²) in [5, 5.41) is 0. The molecule has 2 aromatic rings. The van der Waals surface area contributed by atoms with Gasteiger partial charge in [0.25, 0.3) is 0 Å². The molecule has 2 heteroatoms. The lowest BCUT2D eigenvalue weighted by Crippen LogP contribution is -2.52. The lowest BCUT2D eigenvalue weighted by molar-refractivity contribution is 0.0720. The molecule has 2 nitrogen and oxygen atoms in total. The van der Waals surface area contributed by atoms with Gasteiger partial charge in [0.15, 0.2) is 0 Å². The Morgan fingerprint density at radius 1 is 0.567 bits per heavy atom. The van der Waals surface area contributed by atoms with Gasteiger partial charge in [0, 0.05) is 38.3 Å². The molecule has 1 fully saturated rings. The summed E-state index contributed by atoms with van der Waals surface area (Å²) >= 11 is 0. The molecule has 30 heavy (non-hydrogen) atoms. The number of rotatable bonds is 12. The van der Waals surface area contributed by atoms with Crippen LogP contribution in [-0.4, -0.2) is 48.1 Å². The molecule has 0 amide bonds. The maximum atomic E-state index is 2.72. The van der Waals surface area contributed by atoms with E-state index in [0.717, 1.165) is 12.1 Å². The van der Waals surface area contributed by atoms with E-state index in [4.69, 9.17) is 0 Å². The molecular formula is C28H42N2. The molecule has 2 aromatic carbocycles. The first kappa shape index (κ1) is 23.0. The van der Waals surface area contributed by atoms with Gasteiger partial charge in [-0.1, -0.05) is 73.5 Å². The SMILES string of the molecule is CC(CCCCc1ccccc1)N1CCN(C(C)CCCCc2ccccc2)CC1. The Balaban J connectivity index is 1.25. The van der Waals surface area contributed by atoms with E-state index >= 15 is 0 Å². The fourth-order valence-corrected chi connectivity index (χ4v) is 4.81. The second-order valence-corrected chi connectivity index (χ2v) is 9.23. The van der Waals surface area contributed by atoms with Crippen molar-refractivity contribution in [3.05, 3.63) is 71.8 Å². The van der Waals surface area contributed by atoms with Crippen LogP contribution >= 0.6 is 0 Å². The summed E-state index contributed by atoms with van der Waals surface area (Å²) in [5.41, 5.74) is 2.97. The Morgan fingerprint density at radius 2 is 0.933 bits per heavy atom. The van der Waals surface area contributed by atoms with Crippen molar-refractivity contribution in [2.45, 2.75) is 77.3 Å². The highest BCUT2D eigenvalue weighted by atomic mass is 15.3. The Hall–Kier alpha value is -1.64. The van der Waals surface area contributed by atoms with E-state index in [1.807, 2.05) is 0 Å². The lowest BCUT2D eigenvalue weighted by atomic mass is 10.0. The van der Waals surface area contributed by atoms with Gasteiger partial charge >= 0.3 is 0 Å². The van der Waals surface area contributed by atoms with Gasteiger partial charge in [0.05, 0.1) is 0 Å². The van der Waals surface area contributed by atoms with Crippen molar-refractivity contribution in [3.8, 4) is 0 Å². The second kappa shape index (κ2) is 12.9. The Morgan fingerprint density at radius 3 is 1.30 bits per heavy atom. The fraction of sp³-hybridized carbons (Fsp3) is 0.571. The van der Waals surface area contributed by atoms with Crippen molar-refractivity contribution in [3.63, 3.8) is 0 Å². The first-order valence-corrected chi connectivity index (χ1v) is 12.3. The van der Waals surface area contributed by atoms with Crippen LogP contribution in [0.3, 0.4) is 0 Å². The molecular weight excluding hydrogens is 364 g/mol. The highest BCUT2D eigenvalue weighted by molar-refractivity contribution is 5.15. The first-order valence-electron chi connectivity index (χ1n) is 12.3. The minimum absolute atomic E-state index is 0.726. The second-order valence-electron chi connectivity index (χ2n) is 9.23. The average Bonchev–Trinajstić information content (AvgIpc) is 2.81. The Kier molecular flexibility index (Phi) is 9.92. The van der Waals surface area contributed by atoms with Gasteiger partial charge in [-0.3, -0.25) is 9.80 Å². The summed E-state index contributed by atoms with van der Waals surface area (Å²) in [6.45, 7) is 9.85. The topological polar surface area (TPSA) is 6.48 Å². The van der Waals surface area contributed by atoms with Gasteiger partial charge in [-0.25, -0.2) is 0 Å². The van der Waals surface area contributed by atoms with E-state index in [9.17, 15) is 0 Å². The number of hydrogen-bond acceptors (Lipinski definition) is 2. The van der Waals surface area contributed by atoms with E-state index in [1.54, 1.807) is 0 Å². The predicted octanol–water partition coefficient (Wildman–Crippen LogP) is 6.21. The monoisotopic (exact) mass is 406 g/mol. The van der Waals surface area contributed by atoms with Crippen LogP contribution in [0, 0.1) is 0 Å². The molecule has 0 aromatic heterocycles. The normalized spacial score (nSPS) is 17.7. The van der Waals surface area contributed by atoms with Crippen molar-refractivity contribution in [2.75, 3.05) is 26.2 Å². The number of nitrogens with zero attached hydrogens (tertiary/aromatic N) is 2. The zero-order chi connectivity index (χ0) is 21.0. The van der Waals surface area contributed by atoms with Crippen molar-refractivity contribution < 1.29 is 0 Å². The smallest absolute Gasteiger partial charge is 0.0113 e. The number of hydrogen-bond donors (Lipinski definition) is 0. The molecule has 0 N–H and O–H groups in total. The predicted molar refractivity (Wildman–Crippen MR) is 130 cm³/mol. The summed E-state index contributed by atoms with van der Waals surface area (Å²) in [7, 11) is 0. The van der Waals surface area contributed by atoms with Gasteiger partial charge in [-0.15, -0.1) is 0 Å². The maximum Gasteiger partial charge on any atom is 0.0113 e. The number of unbranched alkanes of at least 4 members (excludes halogenated alkanes) is 2. The first-order chi connectivity index (χ1) is 14.7. The molecule has 0 radical (unpaired) electrons. The Labute approximate surface area is 185 Å². The van der Waals surface area contributed by atoms with Crippen molar-refractivity contribution in [1.82, 2.24) is 9.80 Å². The van der Waals surface area contributed by atoms with Crippen LogP contribution in [0.2, 0.25) is 0 Å². The van der Waals surface area contributed by atoms with Gasteiger partial charge in [-0.2, -0.15) is 0 Å². The molecule has 164 valence electrons. The molecule has 0 spiro atoms. The van der Waals surface area contributed by atoms with Crippen molar-refractivity contribution in [1.29, 1.82) is 0 Å². The zero-order valence-corrected chi connectivity index (χ0v) is 19.3. The van der Waals surface area contributed by atoms with Crippen LogP contribution < -0.4 is 0 Å². The fourth-order valence-electron chi connectivity index (χ4n) is 4.81. The van der Waals surface area contributed by atoms with Gasteiger partial charge in [-0.05, 0) is 63.5 Å². The van der Waals surface area contributed by atoms with Crippen molar-refractivity contribution >= 4 is 0 Å². The minimum atomic E-state index is 0.726. The Bertz CT molecular complexity index is 615. The molecule has 3 rings (SSSR count). The molecule has 1 heterocycles. The number of aryl methyl sites for hydroxylation is 2. The van der Waals surface area contributed by atoms with Crippen molar-refractivity contribution in [2.24, 2.45) is 0 Å². The molecule has 0 saturated carbocycles. The summed E-state index contributed by atoms with van der Waals surface area (Å²) in [4.78, 5) is 5.45. The summed E-state index contributed by atoms with van der Waals surface area (Å²) < 4.78 is 0. The van der Waals surface area contributed by atoms with Crippen LogP contribution in [0.25, 0.3) is 0 Å². The highest BCUT2D eigenvalue weighted by Crippen LogP contribution is 2.17. The van der Waals surface area contributed by atoms with Gasteiger partial charge in [0.2, 0.25) is 0 Å². The molecule has 2 unspecified atom stereocenters.